The summed E-state index contributed by atoms with van der Waals surface area (Å²) in [4.78, 5) is 0. The van der Waals surface area contributed by atoms with Gasteiger partial charge in [-0.05, 0) is 42.8 Å². The van der Waals surface area contributed by atoms with Crippen molar-refractivity contribution in [1.82, 2.24) is 9.13 Å². The molecular formula is C28H22N3+. The third-order valence-corrected chi connectivity index (χ3v) is 6.95. The Morgan fingerprint density at radius 3 is 2.42 bits per heavy atom. The smallest absolute Gasteiger partial charge is 0.295 e. The van der Waals surface area contributed by atoms with Crippen molar-refractivity contribution in [1.29, 1.82) is 0 Å². The highest BCUT2D eigenvalue weighted by Crippen LogP contribution is 2.40. The fraction of sp³-hybridized carbons (Fsp3) is 0.107. The molecule has 3 nitrogen and oxygen atoms in total. The number of hydrogen-bond donors (Lipinski definition) is 0. The van der Waals surface area contributed by atoms with Crippen LogP contribution in [0.25, 0.3) is 49.9 Å². The fourth-order valence-electron chi connectivity index (χ4n) is 5.53. The molecule has 3 heterocycles. The minimum absolute atomic E-state index is 0.873. The Balaban J connectivity index is 1.80. The molecule has 148 valence electrons. The lowest BCUT2D eigenvalue weighted by atomic mass is 10.1. The molecule has 0 aliphatic carbocycles. The number of nitrogens with zero attached hydrogens (tertiary/aromatic N) is 3. The first-order chi connectivity index (χ1) is 15.2. The molecule has 1 aliphatic heterocycles. The van der Waals surface area contributed by atoms with E-state index in [0.29, 0.717) is 0 Å². The molecule has 0 spiro atoms. The predicted octanol–water partition coefficient (Wildman–Crippen LogP) is 5.90. The molecule has 31 heavy (non-hydrogen) atoms. The standard InChI is InChI=1S/C28H22N3/c1-18-9-3-5-11-20(18)28-29(2)25-16-15-22-21-12-6-8-14-24(21)30-17-19-10-4-7-13-23(19)31(28)27(25)26(22)30/h3-16H,17H2,1-2H3/q+1. The van der Waals surface area contributed by atoms with Crippen LogP contribution < -0.4 is 4.57 Å². The van der Waals surface area contributed by atoms with Gasteiger partial charge in [-0.15, -0.1) is 0 Å². The first-order valence-corrected chi connectivity index (χ1v) is 10.8. The first kappa shape index (κ1) is 16.9. The van der Waals surface area contributed by atoms with Crippen LogP contribution in [0.1, 0.15) is 11.1 Å². The molecule has 0 saturated carbocycles. The molecule has 0 bridgehead atoms. The number of hydrogen-bond acceptors (Lipinski definition) is 0. The van der Waals surface area contributed by atoms with Gasteiger partial charge in [0.2, 0.25) is 5.52 Å². The van der Waals surface area contributed by atoms with Gasteiger partial charge in [0.25, 0.3) is 5.82 Å². The highest BCUT2D eigenvalue weighted by Gasteiger charge is 2.33. The number of aromatic nitrogens is 3. The molecule has 0 fully saturated rings. The average molecular weight is 401 g/mol. The van der Waals surface area contributed by atoms with Gasteiger partial charge in [0.1, 0.15) is 11.2 Å². The molecule has 0 unspecified atom stereocenters. The molecular weight excluding hydrogens is 378 g/mol. The number of para-hydroxylation sites is 2. The number of rotatable bonds is 1. The Kier molecular flexibility index (Phi) is 3.19. The van der Waals surface area contributed by atoms with Crippen LogP contribution in [0.15, 0.2) is 84.9 Å². The minimum Gasteiger partial charge on any atom is -0.332 e. The summed E-state index contributed by atoms with van der Waals surface area (Å²) in [6.07, 6.45) is 0. The average Bonchev–Trinajstić information content (AvgIpc) is 3.21. The predicted molar refractivity (Wildman–Crippen MR) is 127 cm³/mol. The normalized spacial score (nSPS) is 12.7. The van der Waals surface area contributed by atoms with Crippen molar-refractivity contribution < 1.29 is 4.57 Å². The van der Waals surface area contributed by atoms with Gasteiger partial charge in [-0.3, -0.25) is 0 Å². The van der Waals surface area contributed by atoms with E-state index in [9.17, 15) is 0 Å². The van der Waals surface area contributed by atoms with Gasteiger partial charge in [-0.2, -0.15) is 4.57 Å². The van der Waals surface area contributed by atoms with Gasteiger partial charge in [0, 0.05) is 21.9 Å². The third-order valence-electron chi connectivity index (χ3n) is 6.95. The van der Waals surface area contributed by atoms with Crippen LogP contribution >= 0.6 is 0 Å². The summed E-state index contributed by atoms with van der Waals surface area (Å²) in [7, 11) is 2.20. The van der Waals surface area contributed by atoms with Crippen LogP contribution in [0.4, 0.5) is 0 Å². The second-order valence-electron chi connectivity index (χ2n) is 8.59. The van der Waals surface area contributed by atoms with Crippen molar-refractivity contribution in [2.45, 2.75) is 13.5 Å². The third kappa shape index (κ3) is 2.05. The molecule has 3 heteroatoms. The van der Waals surface area contributed by atoms with E-state index in [0.717, 1.165) is 6.54 Å². The zero-order valence-electron chi connectivity index (χ0n) is 17.6. The fourth-order valence-corrected chi connectivity index (χ4v) is 5.53. The summed E-state index contributed by atoms with van der Waals surface area (Å²) < 4.78 is 7.37. The molecule has 0 N–H and O–H groups in total. The van der Waals surface area contributed by atoms with Crippen LogP contribution in [0, 0.1) is 6.92 Å². The highest BCUT2D eigenvalue weighted by atomic mass is 15.2. The molecule has 2 aromatic heterocycles. The number of benzene rings is 4. The summed E-state index contributed by atoms with van der Waals surface area (Å²) in [5, 5.41) is 2.65. The molecule has 0 saturated heterocycles. The summed E-state index contributed by atoms with van der Waals surface area (Å²) in [5.41, 5.74) is 10.3. The zero-order valence-corrected chi connectivity index (χ0v) is 17.6. The van der Waals surface area contributed by atoms with Crippen molar-refractivity contribution in [3.05, 3.63) is 96.1 Å². The van der Waals surface area contributed by atoms with Crippen LogP contribution in [0.5, 0.6) is 0 Å². The molecule has 1 aliphatic rings. The topological polar surface area (TPSA) is 13.7 Å². The first-order valence-electron chi connectivity index (χ1n) is 10.8. The van der Waals surface area contributed by atoms with Gasteiger partial charge in [-0.1, -0.05) is 54.6 Å². The number of fused-ring (bicyclic) bond motifs is 5. The van der Waals surface area contributed by atoms with Gasteiger partial charge < -0.3 is 4.57 Å². The van der Waals surface area contributed by atoms with E-state index < -0.39 is 0 Å². The van der Waals surface area contributed by atoms with Crippen LogP contribution in [0.3, 0.4) is 0 Å². The van der Waals surface area contributed by atoms with E-state index in [1.165, 1.54) is 61.0 Å². The maximum atomic E-state index is 2.51. The Labute approximate surface area is 180 Å². The van der Waals surface area contributed by atoms with Gasteiger partial charge in [0.15, 0.2) is 5.52 Å². The molecule has 0 radical (unpaired) electrons. The van der Waals surface area contributed by atoms with Crippen molar-refractivity contribution in [3.63, 3.8) is 0 Å². The maximum Gasteiger partial charge on any atom is 0.295 e. The van der Waals surface area contributed by atoms with E-state index >= 15 is 0 Å². The lowest BCUT2D eigenvalue weighted by Crippen LogP contribution is -2.30. The monoisotopic (exact) mass is 400 g/mol. The largest absolute Gasteiger partial charge is 0.332 e. The summed E-state index contributed by atoms with van der Waals surface area (Å²) in [5.74, 6) is 1.23. The van der Waals surface area contributed by atoms with Gasteiger partial charge in [0.05, 0.1) is 19.2 Å². The Morgan fingerprint density at radius 1 is 0.742 bits per heavy atom. The van der Waals surface area contributed by atoms with Crippen molar-refractivity contribution in [3.8, 4) is 17.1 Å². The number of aryl methyl sites for hydroxylation is 2. The highest BCUT2D eigenvalue weighted by molar-refractivity contribution is 6.16. The lowest BCUT2D eigenvalue weighted by Gasteiger charge is -2.09. The Bertz CT molecular complexity index is 1680. The van der Waals surface area contributed by atoms with Crippen molar-refractivity contribution >= 4 is 32.8 Å². The van der Waals surface area contributed by atoms with E-state index in [4.69, 9.17) is 0 Å². The zero-order chi connectivity index (χ0) is 20.7. The Hall–Kier alpha value is -3.85. The van der Waals surface area contributed by atoms with Gasteiger partial charge in [-0.25, -0.2) is 4.57 Å². The minimum atomic E-state index is 0.873. The molecule has 7 rings (SSSR count). The lowest BCUT2D eigenvalue weighted by molar-refractivity contribution is -0.633. The second-order valence-corrected chi connectivity index (χ2v) is 8.59. The van der Waals surface area contributed by atoms with Crippen molar-refractivity contribution in [2.24, 2.45) is 7.05 Å². The summed E-state index contributed by atoms with van der Waals surface area (Å²) in [6, 6.07) is 31.0. The molecule has 4 aromatic carbocycles. The summed E-state index contributed by atoms with van der Waals surface area (Å²) in [6.45, 7) is 3.08. The quantitative estimate of drug-likeness (QED) is 0.305. The van der Waals surface area contributed by atoms with E-state index in [1.54, 1.807) is 0 Å². The maximum absolute atomic E-state index is 2.51. The number of imidazole rings is 1. The van der Waals surface area contributed by atoms with E-state index in [2.05, 4.69) is 113 Å². The van der Waals surface area contributed by atoms with Crippen LogP contribution in [-0.2, 0) is 13.6 Å². The van der Waals surface area contributed by atoms with Crippen LogP contribution in [-0.4, -0.2) is 9.13 Å². The summed E-state index contributed by atoms with van der Waals surface area (Å²) >= 11 is 0. The van der Waals surface area contributed by atoms with Crippen molar-refractivity contribution in [2.75, 3.05) is 0 Å². The van der Waals surface area contributed by atoms with Crippen LogP contribution in [0.2, 0.25) is 0 Å². The molecule has 0 atom stereocenters. The molecule has 6 aromatic rings. The SMILES string of the molecule is Cc1ccccc1-c1n2c3c4c(ccc3[n+]1C)c1ccccc1n4Cc1ccccc1-2. The van der Waals surface area contributed by atoms with E-state index in [1.807, 2.05) is 0 Å². The Morgan fingerprint density at radius 2 is 1.52 bits per heavy atom. The molecule has 0 amide bonds. The second kappa shape index (κ2) is 5.86. The van der Waals surface area contributed by atoms with E-state index in [-0.39, 0.29) is 0 Å². The van der Waals surface area contributed by atoms with Gasteiger partial charge >= 0.3 is 0 Å².